The van der Waals surface area contributed by atoms with Crippen LogP contribution in [0.1, 0.15) is 57.7 Å². The Morgan fingerprint density at radius 1 is 1.37 bits per heavy atom. The monoisotopic (exact) mass is 616 g/mol. The molecule has 0 spiro atoms. The fraction of sp³-hybridized carbons (Fsp3) is 0.478. The predicted octanol–water partition coefficient (Wildman–Crippen LogP) is 5.15. The molecule has 1 aliphatic rings. The number of hydrogen-bond acceptors (Lipinski definition) is 7. The molecule has 2 aromatic heterocycles. The van der Waals surface area contributed by atoms with Gasteiger partial charge in [0.15, 0.2) is 5.65 Å². The van der Waals surface area contributed by atoms with Crippen LogP contribution in [0, 0.1) is 9.52 Å². The number of ether oxygens (including phenoxy) is 2. The van der Waals surface area contributed by atoms with E-state index in [2.05, 4.69) is 37.7 Å². The third-order valence-corrected chi connectivity index (χ3v) is 6.79. The molecule has 1 fully saturated rings. The fourth-order valence-corrected chi connectivity index (χ4v) is 5.09. The molecule has 4 rings (SSSR count). The zero-order valence-corrected chi connectivity index (χ0v) is 23.0. The molecule has 3 heterocycles. The smallest absolute Gasteiger partial charge is 0.410 e. The molecular formula is C23H27ClFIN6O3. The summed E-state index contributed by atoms with van der Waals surface area (Å²) in [5, 5.41) is 5.24. The van der Waals surface area contributed by atoms with Gasteiger partial charge in [-0.2, -0.15) is 5.10 Å². The van der Waals surface area contributed by atoms with Crippen molar-refractivity contribution in [3.63, 3.8) is 0 Å². The zero-order valence-electron chi connectivity index (χ0n) is 20.1. The first-order chi connectivity index (χ1) is 16.4. The predicted molar refractivity (Wildman–Crippen MR) is 139 cm³/mol. The lowest BCUT2D eigenvalue weighted by Gasteiger charge is -2.41. The molecular weight excluding hydrogens is 590 g/mol. The van der Waals surface area contributed by atoms with Gasteiger partial charge in [-0.3, -0.25) is 0 Å². The van der Waals surface area contributed by atoms with Crippen molar-refractivity contribution in [1.82, 2.24) is 24.6 Å². The highest BCUT2D eigenvalue weighted by Crippen LogP contribution is 2.44. The second-order valence-corrected chi connectivity index (χ2v) is 10.8. The van der Waals surface area contributed by atoms with E-state index in [0.717, 1.165) is 0 Å². The van der Waals surface area contributed by atoms with Gasteiger partial charge in [0.25, 0.3) is 0 Å². The molecule has 1 amide bonds. The fourth-order valence-electron chi connectivity index (χ4n) is 4.12. The highest BCUT2D eigenvalue weighted by Gasteiger charge is 2.39. The average molecular weight is 617 g/mol. The minimum absolute atomic E-state index is 0.0266. The number of aromatic nitrogens is 4. The van der Waals surface area contributed by atoms with Crippen molar-refractivity contribution in [1.29, 1.82) is 0 Å². The molecule has 188 valence electrons. The number of halogens is 3. The summed E-state index contributed by atoms with van der Waals surface area (Å²) in [6, 6.07) is 1.15. The number of hydrogen-bond donors (Lipinski definition) is 1. The van der Waals surface area contributed by atoms with Gasteiger partial charge in [0.05, 0.1) is 23.1 Å². The van der Waals surface area contributed by atoms with Crippen molar-refractivity contribution < 1.29 is 18.7 Å². The number of fused-ring (bicyclic) bond motifs is 1. The van der Waals surface area contributed by atoms with Crippen LogP contribution in [0.2, 0.25) is 5.02 Å². The summed E-state index contributed by atoms with van der Waals surface area (Å²) in [7, 11) is 0. The van der Waals surface area contributed by atoms with Gasteiger partial charge < -0.3 is 20.1 Å². The van der Waals surface area contributed by atoms with E-state index in [9.17, 15) is 4.79 Å². The summed E-state index contributed by atoms with van der Waals surface area (Å²) in [6.07, 6.45) is 0.947. The molecule has 1 aliphatic heterocycles. The molecule has 9 nitrogen and oxygen atoms in total. The van der Waals surface area contributed by atoms with Crippen LogP contribution in [0.25, 0.3) is 11.0 Å². The van der Waals surface area contributed by atoms with E-state index in [-0.39, 0.29) is 10.9 Å². The number of rotatable bonds is 5. The Kier molecular flexibility index (Phi) is 7.02. The lowest BCUT2D eigenvalue weighted by molar-refractivity contribution is 0.00764. The Hall–Kier alpha value is -2.41. The molecule has 1 saturated heterocycles. The summed E-state index contributed by atoms with van der Waals surface area (Å²) in [4.78, 5) is 22.4. The van der Waals surface area contributed by atoms with Gasteiger partial charge in [-0.15, -0.1) is 0 Å². The number of nitrogens with two attached hydrogens (primary N) is 1. The first kappa shape index (κ1) is 25.7. The van der Waals surface area contributed by atoms with E-state index in [1.807, 2.05) is 13.8 Å². The van der Waals surface area contributed by atoms with Crippen LogP contribution in [-0.2, 0) is 4.74 Å². The second-order valence-electron chi connectivity index (χ2n) is 9.39. The molecule has 0 bridgehead atoms. The van der Waals surface area contributed by atoms with Crippen molar-refractivity contribution in [3.8, 4) is 5.75 Å². The van der Waals surface area contributed by atoms with E-state index in [1.165, 1.54) is 11.2 Å². The van der Waals surface area contributed by atoms with E-state index in [4.69, 9.17) is 26.8 Å². The van der Waals surface area contributed by atoms with Crippen LogP contribution in [-0.4, -0.2) is 56.0 Å². The van der Waals surface area contributed by atoms with Crippen LogP contribution in [0.15, 0.2) is 12.4 Å². The van der Waals surface area contributed by atoms with Crippen molar-refractivity contribution in [2.24, 2.45) is 0 Å². The molecule has 0 saturated carbocycles. The largest absolute Gasteiger partial charge is 0.493 e. The van der Waals surface area contributed by atoms with Crippen molar-refractivity contribution in [2.75, 3.05) is 25.4 Å². The molecule has 35 heavy (non-hydrogen) atoms. The first-order valence-corrected chi connectivity index (χ1v) is 12.6. The number of nitrogen functional groups attached to an aromatic ring is 1. The van der Waals surface area contributed by atoms with E-state index in [0.29, 0.717) is 57.1 Å². The number of carbonyl (C=O) groups is 1. The third-order valence-electron chi connectivity index (χ3n) is 5.76. The summed E-state index contributed by atoms with van der Waals surface area (Å²) < 4.78 is 29.2. The Bertz CT molecular complexity index is 1290. The number of benzene rings is 1. The van der Waals surface area contributed by atoms with E-state index in [1.54, 1.807) is 31.5 Å². The van der Waals surface area contributed by atoms with Crippen LogP contribution in [0.3, 0.4) is 0 Å². The van der Waals surface area contributed by atoms with Gasteiger partial charge in [-0.25, -0.2) is 23.8 Å². The van der Waals surface area contributed by atoms with Gasteiger partial charge in [-0.05, 0) is 63.3 Å². The van der Waals surface area contributed by atoms with Crippen molar-refractivity contribution >= 4 is 57.1 Å². The number of likely N-dealkylation sites (tertiary alicyclic amines) is 1. The van der Waals surface area contributed by atoms with Crippen LogP contribution < -0.4 is 10.5 Å². The van der Waals surface area contributed by atoms with Gasteiger partial charge in [-0.1, -0.05) is 11.6 Å². The van der Waals surface area contributed by atoms with E-state index < -0.39 is 23.6 Å². The van der Waals surface area contributed by atoms with Crippen molar-refractivity contribution in [2.45, 2.75) is 52.2 Å². The summed E-state index contributed by atoms with van der Waals surface area (Å²) >= 11 is 8.46. The minimum Gasteiger partial charge on any atom is -0.493 e. The van der Waals surface area contributed by atoms with Crippen LogP contribution in [0.4, 0.5) is 15.0 Å². The molecule has 12 heteroatoms. The van der Waals surface area contributed by atoms with Gasteiger partial charge >= 0.3 is 6.09 Å². The van der Waals surface area contributed by atoms with Gasteiger partial charge in [0, 0.05) is 30.1 Å². The molecule has 0 aliphatic carbocycles. The Morgan fingerprint density at radius 2 is 2.06 bits per heavy atom. The Balaban J connectivity index is 1.74. The van der Waals surface area contributed by atoms with Crippen molar-refractivity contribution in [3.05, 3.63) is 38.1 Å². The minimum atomic E-state index is -0.612. The zero-order chi connectivity index (χ0) is 25.7. The van der Waals surface area contributed by atoms with Crippen LogP contribution in [0.5, 0.6) is 5.75 Å². The maximum atomic E-state index is 15.4. The number of carbonyl (C=O) groups excluding carboxylic acids is 1. The quantitative estimate of drug-likeness (QED) is 0.395. The number of nitrogens with zero attached hydrogens (tertiary/aromatic N) is 5. The lowest BCUT2D eigenvalue weighted by Crippen LogP contribution is -2.50. The molecule has 1 unspecified atom stereocenters. The molecule has 0 radical (unpaired) electrons. The highest BCUT2D eigenvalue weighted by molar-refractivity contribution is 14.1. The standard InChI is InChI=1S/C23H27ClFIN6O3/c1-6-34-18-13(11(2)32-21-16(19(26)30-32)20(27)28-10-29-21)7-14(24)17(25)15(18)12-8-31(9-12)22(33)35-23(3,4)5/h7,10-12H,6,8-9H2,1-5H3,(H2,27,28,29). The maximum absolute atomic E-state index is 15.4. The summed E-state index contributed by atoms with van der Waals surface area (Å²) in [5.74, 6) is -0.110. The van der Waals surface area contributed by atoms with Gasteiger partial charge in [0.1, 0.15) is 33.0 Å². The molecule has 1 aromatic carbocycles. The summed E-state index contributed by atoms with van der Waals surface area (Å²) in [5.41, 5.74) is 6.99. The third kappa shape index (κ3) is 4.84. The van der Waals surface area contributed by atoms with Gasteiger partial charge in [0.2, 0.25) is 0 Å². The topological polar surface area (TPSA) is 108 Å². The molecule has 2 N–H and O–H groups in total. The molecule has 1 atom stereocenters. The SMILES string of the molecule is CCOc1c(C(C)n2nc(I)c3c(N)ncnc32)cc(Cl)c(F)c1C1CN(C(=O)OC(C)(C)C)C1. The Labute approximate surface area is 221 Å². The lowest BCUT2D eigenvalue weighted by atomic mass is 9.88. The first-order valence-electron chi connectivity index (χ1n) is 11.2. The summed E-state index contributed by atoms with van der Waals surface area (Å²) in [6.45, 7) is 10.1. The maximum Gasteiger partial charge on any atom is 0.410 e. The second kappa shape index (κ2) is 9.57. The Morgan fingerprint density at radius 3 is 2.69 bits per heavy atom. The van der Waals surface area contributed by atoms with E-state index >= 15 is 4.39 Å². The molecule has 3 aromatic rings. The highest BCUT2D eigenvalue weighted by atomic mass is 127. The average Bonchev–Trinajstić information content (AvgIpc) is 3.07. The normalized spacial score (nSPS) is 15.3. The number of anilines is 1. The number of amides is 1. The van der Waals surface area contributed by atoms with Crippen LogP contribution >= 0.6 is 34.2 Å².